The Balaban J connectivity index is 2.20. The van der Waals surface area contributed by atoms with Gasteiger partial charge in [0.25, 0.3) is 0 Å². The molecule has 0 radical (unpaired) electrons. The molecule has 0 fully saturated rings. The summed E-state index contributed by atoms with van der Waals surface area (Å²) in [5, 5.41) is 1.15. The maximum atomic E-state index is 13.2. The summed E-state index contributed by atoms with van der Waals surface area (Å²) in [4.78, 5) is 0. The highest BCUT2D eigenvalue weighted by Crippen LogP contribution is 2.27. The van der Waals surface area contributed by atoms with Gasteiger partial charge in [-0.1, -0.05) is 23.2 Å². The minimum Gasteiger partial charge on any atom is -0.489 e. The molecule has 0 heterocycles. The maximum Gasteiger partial charge on any atom is 0.124 e. The van der Waals surface area contributed by atoms with E-state index in [0.717, 1.165) is 5.56 Å². The van der Waals surface area contributed by atoms with Crippen molar-refractivity contribution in [3.8, 4) is 5.75 Å². The third-order valence-electron chi connectivity index (χ3n) is 2.85. The van der Waals surface area contributed by atoms with Gasteiger partial charge in [-0.3, -0.25) is 0 Å². The van der Waals surface area contributed by atoms with Gasteiger partial charge in [0, 0.05) is 27.2 Å². The summed E-state index contributed by atoms with van der Waals surface area (Å²) >= 11 is 12.0. The summed E-state index contributed by atoms with van der Waals surface area (Å²) in [5.41, 5.74) is 7.19. The largest absolute Gasteiger partial charge is 0.489 e. The van der Waals surface area contributed by atoms with Crippen molar-refractivity contribution in [2.45, 2.75) is 19.6 Å². The number of nitrogens with two attached hydrogens (primary N) is 1. The Bertz CT molecular complexity index is 617. The van der Waals surface area contributed by atoms with Crippen molar-refractivity contribution in [2.75, 3.05) is 0 Å². The molecule has 0 aliphatic carbocycles. The number of hydrogen-bond acceptors (Lipinski definition) is 2. The number of benzene rings is 2. The predicted octanol–water partition coefficient (Wildman–Crippen LogP) is 4.73. The highest BCUT2D eigenvalue weighted by Gasteiger charge is 2.11. The van der Waals surface area contributed by atoms with Gasteiger partial charge in [-0.2, -0.15) is 0 Å². The minimum atomic E-state index is -0.342. The summed E-state index contributed by atoms with van der Waals surface area (Å²) in [6, 6.07) is 9.10. The molecule has 2 nitrogen and oxygen atoms in total. The van der Waals surface area contributed by atoms with Crippen LogP contribution < -0.4 is 10.5 Å². The van der Waals surface area contributed by atoms with Gasteiger partial charge in [0.05, 0.1) is 0 Å². The van der Waals surface area contributed by atoms with Crippen LogP contribution in [-0.4, -0.2) is 0 Å². The van der Waals surface area contributed by atoms with E-state index < -0.39 is 0 Å². The Labute approximate surface area is 127 Å². The molecule has 2 rings (SSSR count). The van der Waals surface area contributed by atoms with Crippen LogP contribution in [0.3, 0.4) is 0 Å². The van der Waals surface area contributed by atoms with Crippen LogP contribution in [0, 0.1) is 5.82 Å². The van der Waals surface area contributed by atoms with Crippen LogP contribution >= 0.6 is 23.2 Å². The molecule has 2 aromatic rings. The first-order valence-corrected chi connectivity index (χ1v) is 6.84. The van der Waals surface area contributed by atoms with Crippen molar-refractivity contribution >= 4 is 23.2 Å². The van der Waals surface area contributed by atoms with E-state index in [2.05, 4.69) is 0 Å². The van der Waals surface area contributed by atoms with E-state index in [1.807, 2.05) is 0 Å². The number of rotatable bonds is 4. The van der Waals surface area contributed by atoms with Gasteiger partial charge < -0.3 is 10.5 Å². The van der Waals surface area contributed by atoms with Gasteiger partial charge in [-0.25, -0.2) is 4.39 Å². The topological polar surface area (TPSA) is 35.2 Å². The smallest absolute Gasteiger partial charge is 0.124 e. The highest BCUT2D eigenvalue weighted by atomic mass is 35.5. The SMILES string of the molecule is C[C@H](N)c1cc(F)ccc1OCc1cc(Cl)ccc1Cl. The van der Waals surface area contributed by atoms with E-state index in [9.17, 15) is 4.39 Å². The zero-order valence-electron chi connectivity index (χ0n) is 10.9. The molecule has 0 spiro atoms. The molecule has 1 atom stereocenters. The van der Waals surface area contributed by atoms with Crippen molar-refractivity contribution in [3.05, 3.63) is 63.4 Å². The lowest BCUT2D eigenvalue weighted by Gasteiger charge is -2.14. The van der Waals surface area contributed by atoms with E-state index in [1.165, 1.54) is 12.1 Å². The van der Waals surface area contributed by atoms with Crippen molar-refractivity contribution in [1.29, 1.82) is 0 Å². The number of ether oxygens (including phenoxy) is 1. The predicted molar refractivity (Wildman–Crippen MR) is 79.8 cm³/mol. The van der Waals surface area contributed by atoms with Crippen LogP contribution in [0.2, 0.25) is 10.0 Å². The molecule has 0 saturated carbocycles. The quantitative estimate of drug-likeness (QED) is 0.885. The Morgan fingerprint density at radius 2 is 1.95 bits per heavy atom. The van der Waals surface area contributed by atoms with E-state index in [4.69, 9.17) is 33.7 Å². The molecule has 0 bridgehead atoms. The van der Waals surface area contributed by atoms with Gasteiger partial charge in [0.2, 0.25) is 0 Å². The molecule has 0 saturated heterocycles. The van der Waals surface area contributed by atoms with Gasteiger partial charge in [-0.15, -0.1) is 0 Å². The standard InChI is InChI=1S/C15H14Cl2FNO/c1-9(19)13-7-12(18)3-5-15(13)20-8-10-6-11(16)2-4-14(10)17/h2-7,9H,8,19H2,1H3/t9-/m0/s1. The van der Waals surface area contributed by atoms with Crippen LogP contribution in [0.25, 0.3) is 0 Å². The van der Waals surface area contributed by atoms with Crippen molar-refractivity contribution < 1.29 is 9.13 Å². The molecule has 0 amide bonds. The first-order valence-electron chi connectivity index (χ1n) is 6.09. The second-order valence-corrected chi connectivity index (χ2v) is 5.34. The Kier molecular flexibility index (Phi) is 4.86. The first-order chi connectivity index (χ1) is 9.47. The lowest BCUT2D eigenvalue weighted by molar-refractivity contribution is 0.301. The summed E-state index contributed by atoms with van der Waals surface area (Å²) in [5.74, 6) is 0.197. The number of halogens is 3. The van der Waals surface area contributed by atoms with Crippen LogP contribution in [0.15, 0.2) is 36.4 Å². The molecule has 0 aliphatic rings. The Hall–Kier alpha value is -1.29. The number of hydrogen-bond donors (Lipinski definition) is 1. The second-order valence-electron chi connectivity index (χ2n) is 4.50. The summed E-state index contributed by atoms with van der Waals surface area (Å²) in [6.07, 6.45) is 0. The first kappa shape index (κ1) is 15.1. The molecule has 2 N–H and O–H groups in total. The van der Waals surface area contributed by atoms with Gasteiger partial charge >= 0.3 is 0 Å². The minimum absolute atomic E-state index is 0.241. The molecule has 0 aromatic heterocycles. The van der Waals surface area contributed by atoms with E-state index in [0.29, 0.717) is 21.4 Å². The molecular weight excluding hydrogens is 300 g/mol. The molecule has 2 aromatic carbocycles. The average molecular weight is 314 g/mol. The zero-order valence-corrected chi connectivity index (χ0v) is 12.4. The molecular formula is C15H14Cl2FNO. The van der Waals surface area contributed by atoms with Crippen LogP contribution in [-0.2, 0) is 6.61 Å². The second kappa shape index (κ2) is 6.44. The lowest BCUT2D eigenvalue weighted by atomic mass is 10.1. The molecule has 20 heavy (non-hydrogen) atoms. The van der Waals surface area contributed by atoms with Crippen molar-refractivity contribution in [3.63, 3.8) is 0 Å². The summed E-state index contributed by atoms with van der Waals surface area (Å²) in [7, 11) is 0. The average Bonchev–Trinajstić information content (AvgIpc) is 2.40. The maximum absolute atomic E-state index is 13.2. The van der Waals surface area contributed by atoms with Crippen LogP contribution in [0.4, 0.5) is 4.39 Å². The van der Waals surface area contributed by atoms with E-state index >= 15 is 0 Å². The van der Waals surface area contributed by atoms with Gasteiger partial charge in [0.1, 0.15) is 18.2 Å². The molecule has 5 heteroatoms. The van der Waals surface area contributed by atoms with Gasteiger partial charge in [0.15, 0.2) is 0 Å². The van der Waals surface area contributed by atoms with Crippen LogP contribution in [0.1, 0.15) is 24.1 Å². The lowest BCUT2D eigenvalue weighted by Crippen LogP contribution is -2.08. The fourth-order valence-electron chi connectivity index (χ4n) is 1.82. The van der Waals surface area contributed by atoms with Crippen LogP contribution in [0.5, 0.6) is 5.75 Å². The normalized spacial score (nSPS) is 12.2. The fourth-order valence-corrected chi connectivity index (χ4v) is 2.18. The third-order valence-corrected chi connectivity index (χ3v) is 3.46. The van der Waals surface area contributed by atoms with Crippen molar-refractivity contribution in [2.24, 2.45) is 5.73 Å². The summed E-state index contributed by atoms with van der Waals surface area (Å²) in [6.45, 7) is 2.01. The Morgan fingerprint density at radius 3 is 2.65 bits per heavy atom. The Morgan fingerprint density at radius 1 is 1.20 bits per heavy atom. The highest BCUT2D eigenvalue weighted by molar-refractivity contribution is 6.33. The van der Waals surface area contributed by atoms with E-state index in [-0.39, 0.29) is 18.5 Å². The fraction of sp³-hybridized carbons (Fsp3) is 0.200. The molecule has 0 unspecified atom stereocenters. The molecule has 0 aliphatic heterocycles. The summed E-state index contributed by atoms with van der Waals surface area (Å²) < 4.78 is 18.9. The zero-order chi connectivity index (χ0) is 14.7. The van der Waals surface area contributed by atoms with Gasteiger partial charge in [-0.05, 0) is 43.3 Å². The van der Waals surface area contributed by atoms with Crippen molar-refractivity contribution in [1.82, 2.24) is 0 Å². The van der Waals surface area contributed by atoms with E-state index in [1.54, 1.807) is 31.2 Å². The monoisotopic (exact) mass is 313 g/mol. The third kappa shape index (κ3) is 3.63. The molecule has 106 valence electrons.